The third-order valence-corrected chi connectivity index (χ3v) is 6.88. The van der Waals surface area contributed by atoms with Gasteiger partial charge in [0.2, 0.25) is 21.7 Å². The van der Waals surface area contributed by atoms with E-state index in [2.05, 4.69) is 10.1 Å². The predicted molar refractivity (Wildman–Crippen MR) is 102 cm³/mol. The molecular formula is C19H17ClFN3O3S. The van der Waals surface area contributed by atoms with E-state index in [0.29, 0.717) is 36.1 Å². The molecule has 0 N–H and O–H groups in total. The number of hydrogen-bond acceptors (Lipinski definition) is 5. The van der Waals surface area contributed by atoms with Crippen molar-refractivity contribution >= 4 is 21.6 Å². The first-order valence-electron chi connectivity index (χ1n) is 8.79. The molecule has 2 aromatic carbocycles. The molecule has 0 radical (unpaired) electrons. The minimum Gasteiger partial charge on any atom is -0.339 e. The van der Waals surface area contributed by atoms with Gasteiger partial charge in [-0.15, -0.1) is 0 Å². The van der Waals surface area contributed by atoms with E-state index < -0.39 is 15.8 Å². The van der Waals surface area contributed by atoms with Crippen LogP contribution >= 0.6 is 11.6 Å². The summed E-state index contributed by atoms with van der Waals surface area (Å²) >= 11 is 5.89. The molecule has 28 heavy (non-hydrogen) atoms. The Labute approximate surface area is 167 Å². The summed E-state index contributed by atoms with van der Waals surface area (Å²) in [5.41, 5.74) is 0.756. The van der Waals surface area contributed by atoms with Crippen molar-refractivity contribution in [1.82, 2.24) is 14.4 Å². The molecule has 6 nitrogen and oxygen atoms in total. The van der Waals surface area contributed by atoms with E-state index in [0.717, 1.165) is 11.6 Å². The number of aromatic nitrogens is 2. The van der Waals surface area contributed by atoms with Crippen LogP contribution in [0.4, 0.5) is 4.39 Å². The van der Waals surface area contributed by atoms with Crippen LogP contribution in [-0.4, -0.2) is 36.0 Å². The molecule has 1 aromatic heterocycles. The molecule has 0 bridgehead atoms. The van der Waals surface area contributed by atoms with E-state index in [-0.39, 0.29) is 17.4 Å². The van der Waals surface area contributed by atoms with Crippen molar-refractivity contribution in [2.45, 2.75) is 23.7 Å². The zero-order chi connectivity index (χ0) is 19.7. The number of hydrogen-bond donors (Lipinski definition) is 0. The topological polar surface area (TPSA) is 76.3 Å². The van der Waals surface area contributed by atoms with Crippen LogP contribution in [0.5, 0.6) is 0 Å². The predicted octanol–water partition coefficient (Wildman–Crippen LogP) is 4.10. The van der Waals surface area contributed by atoms with Crippen LogP contribution in [0.2, 0.25) is 5.02 Å². The molecule has 1 saturated heterocycles. The summed E-state index contributed by atoms with van der Waals surface area (Å²) in [4.78, 5) is 4.11. The van der Waals surface area contributed by atoms with Crippen LogP contribution in [0.1, 0.15) is 24.7 Å². The zero-order valence-corrected chi connectivity index (χ0v) is 16.3. The van der Waals surface area contributed by atoms with E-state index in [1.165, 1.54) is 22.5 Å². The lowest BCUT2D eigenvalue weighted by Crippen LogP contribution is -2.39. The normalized spacial score (nSPS) is 18.3. The summed E-state index contributed by atoms with van der Waals surface area (Å²) in [5, 5.41) is 4.60. The molecule has 9 heteroatoms. The number of nitrogens with zero attached hydrogens (tertiary/aromatic N) is 3. The van der Waals surface area contributed by atoms with E-state index >= 15 is 0 Å². The van der Waals surface area contributed by atoms with Gasteiger partial charge in [-0.05, 0) is 49.2 Å². The van der Waals surface area contributed by atoms with Crippen molar-refractivity contribution in [2.75, 3.05) is 13.1 Å². The van der Waals surface area contributed by atoms with E-state index in [9.17, 15) is 12.8 Å². The maximum Gasteiger partial charge on any atom is 0.246 e. The van der Waals surface area contributed by atoms with Crippen LogP contribution < -0.4 is 0 Å². The Balaban J connectivity index is 1.56. The Kier molecular flexibility index (Phi) is 5.18. The van der Waals surface area contributed by atoms with Crippen molar-refractivity contribution < 1.29 is 17.3 Å². The molecule has 0 amide bonds. The molecule has 1 atom stereocenters. The highest BCUT2D eigenvalue weighted by molar-refractivity contribution is 7.89. The van der Waals surface area contributed by atoms with Crippen LogP contribution in [0.15, 0.2) is 57.9 Å². The van der Waals surface area contributed by atoms with Gasteiger partial charge in [-0.25, -0.2) is 12.8 Å². The van der Waals surface area contributed by atoms with Crippen molar-refractivity contribution in [2.24, 2.45) is 0 Å². The van der Waals surface area contributed by atoms with E-state index in [4.69, 9.17) is 16.1 Å². The van der Waals surface area contributed by atoms with Crippen molar-refractivity contribution in [3.05, 3.63) is 65.3 Å². The average Bonchev–Trinajstić information content (AvgIpc) is 3.19. The number of sulfonamides is 1. The number of rotatable bonds is 4. The van der Waals surface area contributed by atoms with Gasteiger partial charge < -0.3 is 4.52 Å². The van der Waals surface area contributed by atoms with Gasteiger partial charge in [0.05, 0.1) is 5.92 Å². The van der Waals surface area contributed by atoms with Gasteiger partial charge in [0.1, 0.15) is 10.7 Å². The Morgan fingerprint density at radius 1 is 1.14 bits per heavy atom. The Morgan fingerprint density at radius 3 is 2.64 bits per heavy atom. The Hall–Kier alpha value is -2.29. The van der Waals surface area contributed by atoms with Crippen molar-refractivity contribution in [3.63, 3.8) is 0 Å². The first kappa shape index (κ1) is 19.0. The highest BCUT2D eigenvalue weighted by atomic mass is 35.5. The fraction of sp³-hybridized carbons (Fsp3) is 0.263. The lowest BCUT2D eigenvalue weighted by molar-refractivity contribution is 0.265. The highest BCUT2D eigenvalue weighted by Gasteiger charge is 2.34. The molecule has 1 fully saturated rings. The van der Waals surface area contributed by atoms with Gasteiger partial charge in [0.15, 0.2) is 0 Å². The van der Waals surface area contributed by atoms with E-state index in [1.54, 1.807) is 24.3 Å². The average molecular weight is 422 g/mol. The maximum absolute atomic E-state index is 14.0. The van der Waals surface area contributed by atoms with Gasteiger partial charge in [-0.2, -0.15) is 9.29 Å². The van der Waals surface area contributed by atoms with Crippen LogP contribution in [-0.2, 0) is 10.0 Å². The first-order chi connectivity index (χ1) is 13.4. The second kappa shape index (κ2) is 7.62. The van der Waals surface area contributed by atoms with Gasteiger partial charge in [-0.3, -0.25) is 0 Å². The SMILES string of the molecule is O=S(=O)(c1ccccc1F)N1CCCC(c2nc(-c3ccc(Cl)cc3)no2)C1. The highest BCUT2D eigenvalue weighted by Crippen LogP contribution is 2.31. The monoisotopic (exact) mass is 421 g/mol. The minimum atomic E-state index is -3.93. The quantitative estimate of drug-likeness (QED) is 0.634. The molecule has 146 valence electrons. The summed E-state index contributed by atoms with van der Waals surface area (Å²) < 4.78 is 46.4. The molecule has 2 heterocycles. The van der Waals surface area contributed by atoms with Gasteiger partial charge in [-0.1, -0.05) is 28.9 Å². The first-order valence-corrected chi connectivity index (χ1v) is 10.6. The molecular weight excluding hydrogens is 405 g/mol. The van der Waals surface area contributed by atoms with Crippen molar-refractivity contribution in [1.29, 1.82) is 0 Å². The van der Waals surface area contributed by atoms with Gasteiger partial charge in [0.25, 0.3) is 0 Å². The molecule has 1 aliphatic rings. The number of halogens is 2. The summed E-state index contributed by atoms with van der Waals surface area (Å²) in [6.07, 6.45) is 1.34. The smallest absolute Gasteiger partial charge is 0.246 e. The lowest BCUT2D eigenvalue weighted by Gasteiger charge is -2.30. The minimum absolute atomic E-state index is 0.166. The van der Waals surface area contributed by atoms with Crippen LogP contribution in [0.25, 0.3) is 11.4 Å². The van der Waals surface area contributed by atoms with Crippen LogP contribution in [0.3, 0.4) is 0 Å². The Bertz CT molecular complexity index is 1090. The summed E-state index contributed by atoms with van der Waals surface area (Å²) in [7, 11) is -3.93. The summed E-state index contributed by atoms with van der Waals surface area (Å²) in [6, 6.07) is 12.4. The van der Waals surface area contributed by atoms with Crippen molar-refractivity contribution in [3.8, 4) is 11.4 Å². The molecule has 1 aliphatic heterocycles. The van der Waals surface area contributed by atoms with E-state index in [1.807, 2.05) is 0 Å². The fourth-order valence-electron chi connectivity index (χ4n) is 3.27. The molecule has 1 unspecified atom stereocenters. The second-order valence-corrected chi connectivity index (χ2v) is 8.94. The largest absolute Gasteiger partial charge is 0.339 e. The van der Waals surface area contributed by atoms with Gasteiger partial charge >= 0.3 is 0 Å². The third kappa shape index (κ3) is 3.67. The second-order valence-electron chi connectivity index (χ2n) is 6.60. The maximum atomic E-state index is 14.0. The molecule has 3 aromatic rings. The number of piperidine rings is 1. The molecule has 4 rings (SSSR count). The fourth-order valence-corrected chi connectivity index (χ4v) is 4.99. The summed E-state index contributed by atoms with van der Waals surface area (Å²) in [5.74, 6) is -0.213. The summed E-state index contributed by atoms with van der Waals surface area (Å²) in [6.45, 7) is 0.490. The lowest BCUT2D eigenvalue weighted by atomic mass is 10.00. The third-order valence-electron chi connectivity index (χ3n) is 4.73. The Morgan fingerprint density at radius 2 is 1.89 bits per heavy atom. The zero-order valence-electron chi connectivity index (χ0n) is 14.8. The standard InChI is InChI=1S/C19H17ClFN3O3S/c20-15-9-7-13(8-10-15)18-22-19(27-23-18)14-4-3-11-24(12-14)28(25,26)17-6-2-1-5-16(17)21/h1-2,5-10,14H,3-4,11-12H2. The number of benzene rings is 2. The molecule has 0 spiro atoms. The molecule has 0 aliphatic carbocycles. The van der Waals surface area contributed by atoms with Crippen LogP contribution in [0, 0.1) is 5.82 Å². The molecule has 0 saturated carbocycles. The van der Waals surface area contributed by atoms with Gasteiger partial charge in [0, 0.05) is 23.7 Å².